The Kier molecular flexibility index (Phi) is 2.17. The third-order valence-electron chi connectivity index (χ3n) is 2.09. The predicted molar refractivity (Wildman–Crippen MR) is 41.4 cm³/mol. The number of carbonyl (C=O) groups excluding carboxylic acids is 1. The first-order chi connectivity index (χ1) is 5.04. The van der Waals surface area contributed by atoms with E-state index in [2.05, 4.69) is 0 Å². The van der Waals surface area contributed by atoms with Gasteiger partial charge in [0.15, 0.2) is 0 Å². The second kappa shape index (κ2) is 2.81. The summed E-state index contributed by atoms with van der Waals surface area (Å²) >= 11 is 0. The molecule has 1 amide bonds. The summed E-state index contributed by atoms with van der Waals surface area (Å²) in [7, 11) is -1.53. The van der Waals surface area contributed by atoms with Crippen molar-refractivity contribution >= 4 is 16.5 Å². The average Bonchev–Trinajstić information content (AvgIpc) is 1.82. The fourth-order valence-electron chi connectivity index (χ4n) is 1.24. The van der Waals surface area contributed by atoms with Crippen LogP contribution in [0.1, 0.15) is 13.8 Å². The molecule has 0 bridgehead atoms. The Labute approximate surface area is 67.6 Å². The molecule has 0 aromatic heterocycles. The SMILES string of the molecule is CC(=O)N1CC([S-](=N)=O)C1C. The molecule has 64 valence electrons. The van der Waals surface area contributed by atoms with E-state index in [9.17, 15) is 9.00 Å². The van der Waals surface area contributed by atoms with Gasteiger partial charge in [-0.2, -0.15) is 10.6 Å². The first-order valence-corrected chi connectivity index (χ1v) is 4.64. The fourth-order valence-corrected chi connectivity index (χ4v) is 2.04. The molecule has 0 radical (unpaired) electrons. The number of hydrogen-bond donors (Lipinski definition) is 1. The van der Waals surface area contributed by atoms with Crippen molar-refractivity contribution in [1.82, 2.24) is 4.90 Å². The van der Waals surface area contributed by atoms with E-state index < -0.39 is 10.6 Å². The minimum absolute atomic E-state index is 0.000741. The van der Waals surface area contributed by atoms with Gasteiger partial charge in [-0.3, -0.25) is 4.79 Å². The van der Waals surface area contributed by atoms with Crippen LogP contribution in [-0.2, 0) is 19.6 Å². The molecule has 1 heterocycles. The molecular formula is C6H11N2O2S-. The van der Waals surface area contributed by atoms with Crippen molar-refractivity contribution in [2.45, 2.75) is 25.1 Å². The van der Waals surface area contributed by atoms with Gasteiger partial charge < -0.3 is 13.9 Å². The Balaban J connectivity index is 2.57. The highest BCUT2D eigenvalue weighted by molar-refractivity contribution is 7.74. The zero-order chi connectivity index (χ0) is 8.59. The van der Waals surface area contributed by atoms with Gasteiger partial charge in [0.1, 0.15) is 0 Å². The van der Waals surface area contributed by atoms with E-state index in [1.807, 2.05) is 6.92 Å². The highest BCUT2D eigenvalue weighted by Gasteiger charge is 2.32. The van der Waals surface area contributed by atoms with E-state index in [-0.39, 0.29) is 17.2 Å². The van der Waals surface area contributed by atoms with Crippen LogP contribution in [0.25, 0.3) is 0 Å². The van der Waals surface area contributed by atoms with Crippen molar-refractivity contribution in [3.63, 3.8) is 0 Å². The van der Waals surface area contributed by atoms with E-state index in [0.717, 1.165) is 0 Å². The molecule has 1 aliphatic heterocycles. The second-order valence-corrected chi connectivity index (χ2v) is 3.95. The summed E-state index contributed by atoms with van der Waals surface area (Å²) in [5.74, 6) is -0.000741. The Hall–Kier alpha value is -0.580. The lowest BCUT2D eigenvalue weighted by molar-refractivity contribution is -0.135. The molecule has 1 rings (SSSR count). The highest BCUT2D eigenvalue weighted by atomic mass is 32.2. The zero-order valence-electron chi connectivity index (χ0n) is 6.53. The van der Waals surface area contributed by atoms with Gasteiger partial charge >= 0.3 is 0 Å². The quantitative estimate of drug-likeness (QED) is 0.584. The summed E-state index contributed by atoms with van der Waals surface area (Å²) in [4.78, 5) is 12.4. The average molecular weight is 175 g/mol. The molecule has 1 fully saturated rings. The van der Waals surface area contributed by atoms with Crippen molar-refractivity contribution in [3.8, 4) is 0 Å². The van der Waals surface area contributed by atoms with Crippen LogP contribution in [0.4, 0.5) is 0 Å². The topological polar surface area (TPSA) is 61.2 Å². The zero-order valence-corrected chi connectivity index (χ0v) is 7.35. The maximum absolute atomic E-state index is 10.8. The Bertz CT molecular complexity index is 241. The van der Waals surface area contributed by atoms with E-state index >= 15 is 0 Å². The summed E-state index contributed by atoms with van der Waals surface area (Å²) in [6.45, 7) is 3.79. The lowest BCUT2D eigenvalue weighted by atomic mass is 10.1. The minimum Gasteiger partial charge on any atom is -0.444 e. The van der Waals surface area contributed by atoms with Gasteiger partial charge in [-0.15, -0.1) is 0 Å². The molecule has 0 aromatic rings. The number of nitrogens with one attached hydrogen (secondary N) is 1. The molecule has 1 N–H and O–H groups in total. The molecule has 1 saturated heterocycles. The predicted octanol–water partition coefficient (Wildman–Crippen LogP) is 0.332. The Morgan fingerprint density at radius 2 is 2.27 bits per heavy atom. The molecule has 11 heavy (non-hydrogen) atoms. The van der Waals surface area contributed by atoms with Gasteiger partial charge in [0.05, 0.1) is 0 Å². The van der Waals surface area contributed by atoms with Crippen LogP contribution < -0.4 is 0 Å². The first kappa shape index (κ1) is 8.52. The summed E-state index contributed by atoms with van der Waals surface area (Å²) in [5, 5.41) is -0.140. The fraction of sp³-hybridized carbons (Fsp3) is 0.833. The normalized spacial score (nSPS) is 30.3. The lowest BCUT2D eigenvalue weighted by Crippen LogP contribution is -2.60. The van der Waals surface area contributed by atoms with Crippen molar-refractivity contribution in [2.24, 2.45) is 0 Å². The molecule has 0 saturated carbocycles. The van der Waals surface area contributed by atoms with Gasteiger partial charge in [-0.05, 0) is 12.2 Å². The summed E-state index contributed by atoms with van der Waals surface area (Å²) in [6.07, 6.45) is 0. The summed E-state index contributed by atoms with van der Waals surface area (Å²) < 4.78 is 17.6. The number of amides is 1. The second-order valence-electron chi connectivity index (χ2n) is 2.75. The van der Waals surface area contributed by atoms with Crippen LogP contribution in [-0.4, -0.2) is 28.6 Å². The van der Waals surface area contributed by atoms with Crippen LogP contribution in [0.15, 0.2) is 0 Å². The maximum Gasteiger partial charge on any atom is 0.219 e. The van der Waals surface area contributed by atoms with E-state index in [1.165, 1.54) is 6.92 Å². The van der Waals surface area contributed by atoms with Gasteiger partial charge in [0, 0.05) is 19.5 Å². The van der Waals surface area contributed by atoms with Gasteiger partial charge in [0.25, 0.3) is 0 Å². The highest BCUT2D eigenvalue weighted by Crippen LogP contribution is 2.20. The van der Waals surface area contributed by atoms with E-state index in [4.69, 9.17) is 4.78 Å². The summed E-state index contributed by atoms with van der Waals surface area (Å²) in [5.41, 5.74) is 0. The van der Waals surface area contributed by atoms with Crippen LogP contribution in [0.2, 0.25) is 0 Å². The third-order valence-corrected chi connectivity index (χ3v) is 3.18. The molecule has 5 heteroatoms. The van der Waals surface area contributed by atoms with Gasteiger partial charge in [0.2, 0.25) is 5.91 Å². The van der Waals surface area contributed by atoms with Gasteiger partial charge in [-0.25, -0.2) is 0 Å². The molecular weight excluding hydrogens is 164 g/mol. The molecule has 2 atom stereocenters. The smallest absolute Gasteiger partial charge is 0.219 e. The number of nitrogens with zero attached hydrogens (tertiary/aromatic N) is 1. The van der Waals surface area contributed by atoms with Crippen LogP contribution in [0.5, 0.6) is 0 Å². The Morgan fingerprint density at radius 1 is 1.73 bits per heavy atom. The minimum atomic E-state index is -1.53. The van der Waals surface area contributed by atoms with E-state index in [0.29, 0.717) is 6.54 Å². The maximum atomic E-state index is 10.8. The van der Waals surface area contributed by atoms with Gasteiger partial charge in [-0.1, -0.05) is 0 Å². The molecule has 0 spiro atoms. The molecule has 0 aliphatic carbocycles. The third kappa shape index (κ3) is 1.38. The lowest BCUT2D eigenvalue weighted by Gasteiger charge is -2.48. The number of carbonyl (C=O) groups is 1. The molecule has 4 nitrogen and oxygen atoms in total. The van der Waals surface area contributed by atoms with E-state index in [1.54, 1.807) is 4.90 Å². The number of hydrogen-bond acceptors (Lipinski definition) is 4. The molecule has 0 aromatic carbocycles. The van der Waals surface area contributed by atoms with Crippen molar-refractivity contribution in [2.75, 3.05) is 6.54 Å². The van der Waals surface area contributed by atoms with Crippen LogP contribution >= 0.6 is 0 Å². The van der Waals surface area contributed by atoms with Crippen LogP contribution in [0, 0.1) is 4.78 Å². The first-order valence-electron chi connectivity index (χ1n) is 3.43. The van der Waals surface area contributed by atoms with Crippen molar-refractivity contribution < 1.29 is 9.00 Å². The number of rotatable bonds is 1. The monoisotopic (exact) mass is 175 g/mol. The van der Waals surface area contributed by atoms with Crippen LogP contribution in [0.3, 0.4) is 0 Å². The molecule has 1 aliphatic rings. The largest absolute Gasteiger partial charge is 0.444 e. The molecule has 2 unspecified atom stereocenters. The standard InChI is InChI=1S/C6H11N2O2S/c1-4-6(11(7)10)3-8(4)5(2)9/h4,6-7H,3H2,1-2H3/q-1. The van der Waals surface area contributed by atoms with Crippen molar-refractivity contribution in [1.29, 1.82) is 4.78 Å². The summed E-state index contributed by atoms with van der Waals surface area (Å²) in [6, 6.07) is -0.0224. The Morgan fingerprint density at radius 3 is 2.55 bits per heavy atom. The number of likely N-dealkylation sites (tertiary alicyclic amines) is 1. The van der Waals surface area contributed by atoms with Crippen molar-refractivity contribution in [3.05, 3.63) is 0 Å².